The summed E-state index contributed by atoms with van der Waals surface area (Å²) in [5.74, 6) is -0.313. The zero-order chi connectivity index (χ0) is 23.4. The molecule has 1 aromatic carbocycles. The Hall–Kier alpha value is -3.36. The number of nitrogens with zero attached hydrogens (tertiary/aromatic N) is 2. The molecule has 1 aromatic heterocycles. The smallest absolute Gasteiger partial charge is 0.330 e. The minimum atomic E-state index is -0.692. The molecular formula is C23H31N5O4. The zero-order valence-corrected chi connectivity index (χ0v) is 18.8. The highest BCUT2D eigenvalue weighted by atomic mass is 16.2. The van der Waals surface area contributed by atoms with Gasteiger partial charge in [0, 0.05) is 30.3 Å². The average molecular weight is 442 g/mol. The molecule has 4 N–H and O–H groups in total. The molecule has 1 aliphatic carbocycles. The monoisotopic (exact) mass is 441 g/mol. The van der Waals surface area contributed by atoms with Gasteiger partial charge in [-0.3, -0.25) is 23.9 Å². The number of benzene rings is 1. The van der Waals surface area contributed by atoms with Crippen LogP contribution in [0.5, 0.6) is 0 Å². The van der Waals surface area contributed by atoms with Crippen LogP contribution in [0.25, 0.3) is 0 Å². The number of amides is 2. The normalized spacial score (nSPS) is 13.2. The number of hydrogen-bond acceptors (Lipinski definition) is 5. The number of nitrogen functional groups attached to an aromatic ring is 1. The summed E-state index contributed by atoms with van der Waals surface area (Å²) < 4.78 is 1.30. The van der Waals surface area contributed by atoms with Gasteiger partial charge < -0.3 is 16.0 Å². The van der Waals surface area contributed by atoms with Gasteiger partial charge in [-0.25, -0.2) is 4.79 Å². The minimum Gasteiger partial charge on any atom is -0.383 e. The Morgan fingerprint density at radius 3 is 2.44 bits per heavy atom. The molecule has 2 aromatic rings. The summed E-state index contributed by atoms with van der Waals surface area (Å²) in [6, 6.07) is 6.54. The van der Waals surface area contributed by atoms with Crippen LogP contribution in [-0.4, -0.2) is 27.9 Å². The van der Waals surface area contributed by atoms with Crippen molar-refractivity contribution in [2.45, 2.75) is 53.0 Å². The second kappa shape index (κ2) is 9.84. The van der Waals surface area contributed by atoms with Crippen molar-refractivity contribution < 1.29 is 9.59 Å². The fourth-order valence-electron chi connectivity index (χ4n) is 3.46. The van der Waals surface area contributed by atoms with E-state index in [0.717, 1.165) is 19.3 Å². The third-order valence-corrected chi connectivity index (χ3v) is 5.36. The highest BCUT2D eigenvalue weighted by Gasteiger charge is 2.30. The second-order valence-corrected chi connectivity index (χ2v) is 8.65. The molecule has 0 aliphatic heterocycles. The van der Waals surface area contributed by atoms with Crippen LogP contribution in [0.2, 0.25) is 0 Å². The number of nitrogens with two attached hydrogens (primary N) is 1. The van der Waals surface area contributed by atoms with E-state index in [1.165, 1.54) is 9.47 Å². The van der Waals surface area contributed by atoms with E-state index < -0.39 is 17.2 Å². The third-order valence-electron chi connectivity index (χ3n) is 5.36. The van der Waals surface area contributed by atoms with E-state index in [1.54, 1.807) is 24.3 Å². The molecule has 1 saturated carbocycles. The quantitative estimate of drug-likeness (QED) is 0.551. The standard InChI is InChI=1S/C23H31N5O4/c1-4-5-12-27-19(24)18(21(30)26-23(27)32)28(13-14(2)3)22(31)16-8-10-17(11-9-16)25-20(29)15-6-7-15/h8-11,14-15H,4-7,12-13,24H2,1-3H3,(H,25,29)(H,26,30,32). The van der Waals surface area contributed by atoms with E-state index in [0.29, 0.717) is 24.2 Å². The van der Waals surface area contributed by atoms with Crippen LogP contribution >= 0.6 is 0 Å². The summed E-state index contributed by atoms with van der Waals surface area (Å²) in [6.07, 6.45) is 3.37. The van der Waals surface area contributed by atoms with Gasteiger partial charge in [0.05, 0.1) is 0 Å². The predicted molar refractivity (Wildman–Crippen MR) is 125 cm³/mol. The van der Waals surface area contributed by atoms with Crippen LogP contribution < -0.4 is 27.2 Å². The van der Waals surface area contributed by atoms with E-state index in [2.05, 4.69) is 10.3 Å². The summed E-state index contributed by atoms with van der Waals surface area (Å²) in [7, 11) is 0. The van der Waals surface area contributed by atoms with Gasteiger partial charge in [-0.05, 0) is 49.4 Å². The summed E-state index contributed by atoms with van der Waals surface area (Å²) in [5, 5.41) is 2.84. The molecule has 0 atom stereocenters. The molecule has 172 valence electrons. The van der Waals surface area contributed by atoms with Gasteiger partial charge in [0.2, 0.25) is 5.91 Å². The number of carbonyl (C=O) groups excluding carboxylic acids is 2. The fourth-order valence-corrected chi connectivity index (χ4v) is 3.46. The van der Waals surface area contributed by atoms with Crippen molar-refractivity contribution >= 4 is 29.0 Å². The molecule has 2 amide bonds. The Morgan fingerprint density at radius 1 is 1.22 bits per heavy atom. The van der Waals surface area contributed by atoms with Crippen molar-refractivity contribution in [1.29, 1.82) is 0 Å². The lowest BCUT2D eigenvalue weighted by Crippen LogP contribution is -2.42. The Labute approximate surface area is 186 Å². The highest BCUT2D eigenvalue weighted by molar-refractivity contribution is 6.07. The average Bonchev–Trinajstić information content (AvgIpc) is 3.58. The van der Waals surface area contributed by atoms with Crippen molar-refractivity contribution in [2.24, 2.45) is 11.8 Å². The molecule has 3 rings (SSSR count). The Balaban J connectivity index is 1.94. The second-order valence-electron chi connectivity index (χ2n) is 8.65. The van der Waals surface area contributed by atoms with Crippen molar-refractivity contribution in [2.75, 3.05) is 22.5 Å². The molecule has 0 saturated heterocycles. The van der Waals surface area contributed by atoms with Crippen molar-refractivity contribution in [3.63, 3.8) is 0 Å². The molecule has 1 fully saturated rings. The number of unbranched alkanes of at least 4 members (excludes halogenated alkanes) is 1. The molecule has 1 heterocycles. The van der Waals surface area contributed by atoms with Crippen molar-refractivity contribution in [1.82, 2.24) is 9.55 Å². The molecule has 9 heteroatoms. The number of H-pyrrole nitrogens is 1. The molecule has 32 heavy (non-hydrogen) atoms. The van der Waals surface area contributed by atoms with Gasteiger partial charge in [-0.15, -0.1) is 0 Å². The molecule has 0 bridgehead atoms. The number of aromatic nitrogens is 2. The van der Waals surface area contributed by atoms with Crippen molar-refractivity contribution in [3.8, 4) is 0 Å². The van der Waals surface area contributed by atoms with Gasteiger partial charge in [0.15, 0.2) is 5.69 Å². The summed E-state index contributed by atoms with van der Waals surface area (Å²) >= 11 is 0. The van der Waals surface area contributed by atoms with E-state index >= 15 is 0 Å². The van der Waals surface area contributed by atoms with Crippen LogP contribution in [0.3, 0.4) is 0 Å². The topological polar surface area (TPSA) is 130 Å². The van der Waals surface area contributed by atoms with Crippen molar-refractivity contribution in [3.05, 3.63) is 50.7 Å². The molecule has 0 unspecified atom stereocenters. The van der Waals surface area contributed by atoms with Gasteiger partial charge in [0.25, 0.3) is 11.5 Å². The Bertz CT molecular complexity index is 1100. The maximum absolute atomic E-state index is 13.4. The number of rotatable bonds is 9. The number of carbonyl (C=O) groups is 2. The first-order valence-corrected chi connectivity index (χ1v) is 11.1. The number of aromatic amines is 1. The lowest BCUT2D eigenvalue weighted by molar-refractivity contribution is -0.117. The molecule has 0 spiro atoms. The summed E-state index contributed by atoms with van der Waals surface area (Å²) in [6.45, 7) is 6.43. The van der Waals surface area contributed by atoms with Gasteiger partial charge in [-0.1, -0.05) is 27.2 Å². The van der Waals surface area contributed by atoms with Gasteiger partial charge in [-0.2, -0.15) is 0 Å². The first-order valence-electron chi connectivity index (χ1n) is 11.1. The van der Waals surface area contributed by atoms with Crippen LogP contribution in [-0.2, 0) is 11.3 Å². The van der Waals surface area contributed by atoms with E-state index in [4.69, 9.17) is 5.73 Å². The van der Waals surface area contributed by atoms with Crippen LogP contribution in [0.15, 0.2) is 33.9 Å². The lowest BCUT2D eigenvalue weighted by atomic mass is 10.1. The first kappa shape index (κ1) is 23.3. The Kier molecular flexibility index (Phi) is 7.17. The van der Waals surface area contributed by atoms with Crippen LogP contribution in [0.1, 0.15) is 56.8 Å². The van der Waals surface area contributed by atoms with E-state index in [1.807, 2.05) is 20.8 Å². The summed E-state index contributed by atoms with van der Waals surface area (Å²) in [4.78, 5) is 53.9. The Morgan fingerprint density at radius 2 is 1.88 bits per heavy atom. The highest BCUT2D eigenvalue weighted by Crippen LogP contribution is 2.30. The van der Waals surface area contributed by atoms with Gasteiger partial charge >= 0.3 is 5.69 Å². The lowest BCUT2D eigenvalue weighted by Gasteiger charge is -2.26. The van der Waals surface area contributed by atoms with E-state index in [-0.39, 0.29) is 35.8 Å². The largest absolute Gasteiger partial charge is 0.383 e. The number of hydrogen-bond donors (Lipinski definition) is 3. The minimum absolute atomic E-state index is 0.0147. The van der Waals surface area contributed by atoms with Crippen LogP contribution in [0, 0.1) is 11.8 Å². The third kappa shape index (κ3) is 5.27. The van der Waals surface area contributed by atoms with E-state index in [9.17, 15) is 19.2 Å². The molecule has 0 radical (unpaired) electrons. The maximum Gasteiger partial charge on any atom is 0.330 e. The number of nitrogens with one attached hydrogen (secondary N) is 2. The maximum atomic E-state index is 13.4. The van der Waals surface area contributed by atoms with Crippen LogP contribution in [0.4, 0.5) is 17.2 Å². The molecular weight excluding hydrogens is 410 g/mol. The predicted octanol–water partition coefficient (Wildman–Crippen LogP) is 2.57. The molecule has 9 nitrogen and oxygen atoms in total. The summed E-state index contributed by atoms with van der Waals surface area (Å²) in [5.41, 5.74) is 5.89. The van der Waals surface area contributed by atoms with Gasteiger partial charge in [0.1, 0.15) is 5.82 Å². The molecule has 1 aliphatic rings. The first-order chi connectivity index (χ1) is 15.2. The SMILES string of the molecule is CCCCn1c(N)c(N(CC(C)C)C(=O)c2ccc(NC(=O)C3CC3)cc2)c(=O)[nH]c1=O. The number of anilines is 3. The zero-order valence-electron chi connectivity index (χ0n) is 18.8. The fraction of sp³-hybridized carbons (Fsp3) is 0.478.